The Bertz CT molecular complexity index is 649. The van der Waals surface area contributed by atoms with Gasteiger partial charge in [0.2, 0.25) is 4.96 Å². The third-order valence-electron chi connectivity index (χ3n) is 2.36. The highest BCUT2D eigenvalue weighted by molar-refractivity contribution is 7.19. The molecule has 1 N–H and O–H groups in total. The summed E-state index contributed by atoms with van der Waals surface area (Å²) < 4.78 is 1.62. The molecular formula is C10H7ClN4OS. The van der Waals surface area contributed by atoms with Gasteiger partial charge in [-0.3, -0.25) is 0 Å². The number of halogens is 1. The van der Waals surface area contributed by atoms with Crippen molar-refractivity contribution in [3.63, 3.8) is 0 Å². The number of hydrogen-bond donors (Lipinski definition) is 1. The number of aliphatic hydroxyl groups excluding tert-OH is 1. The summed E-state index contributed by atoms with van der Waals surface area (Å²) in [5, 5.41) is 22.4. The van der Waals surface area contributed by atoms with Crippen molar-refractivity contribution in [2.24, 2.45) is 0 Å². The first-order valence-electron chi connectivity index (χ1n) is 4.84. The quantitative estimate of drug-likeness (QED) is 0.771. The molecule has 7 heteroatoms. The second-order valence-corrected chi connectivity index (χ2v) is 4.79. The lowest BCUT2D eigenvalue weighted by molar-refractivity contribution is 0.282. The maximum atomic E-state index is 9.04. The van der Waals surface area contributed by atoms with Crippen LogP contribution in [0.1, 0.15) is 5.56 Å². The second-order valence-electron chi connectivity index (χ2n) is 3.43. The van der Waals surface area contributed by atoms with Crippen LogP contribution in [-0.2, 0) is 6.61 Å². The predicted molar refractivity (Wildman–Crippen MR) is 65.0 cm³/mol. The molecular weight excluding hydrogens is 260 g/mol. The van der Waals surface area contributed by atoms with Crippen molar-refractivity contribution >= 4 is 27.9 Å². The summed E-state index contributed by atoms with van der Waals surface area (Å²) in [5.41, 5.74) is 1.61. The Morgan fingerprint density at radius 3 is 3.00 bits per heavy atom. The van der Waals surface area contributed by atoms with E-state index in [2.05, 4.69) is 15.3 Å². The summed E-state index contributed by atoms with van der Waals surface area (Å²) in [4.78, 5) is 0.738. The minimum Gasteiger partial charge on any atom is -0.392 e. The molecule has 3 rings (SSSR count). The molecule has 86 valence electrons. The van der Waals surface area contributed by atoms with Crippen molar-refractivity contribution in [1.29, 1.82) is 0 Å². The molecule has 0 aliphatic rings. The molecule has 0 amide bonds. The van der Waals surface area contributed by atoms with Gasteiger partial charge in [-0.05, 0) is 11.6 Å². The fraction of sp³-hybridized carbons (Fsp3) is 0.100. The van der Waals surface area contributed by atoms with Crippen LogP contribution in [0.25, 0.3) is 15.5 Å². The number of hydrogen-bond acceptors (Lipinski definition) is 5. The van der Waals surface area contributed by atoms with Crippen LogP contribution in [-0.4, -0.2) is 24.9 Å². The van der Waals surface area contributed by atoms with Gasteiger partial charge in [0.05, 0.1) is 6.61 Å². The molecule has 0 fully saturated rings. The van der Waals surface area contributed by atoms with E-state index in [0.29, 0.717) is 10.6 Å². The molecule has 0 saturated carbocycles. The van der Waals surface area contributed by atoms with Crippen molar-refractivity contribution in [2.75, 3.05) is 0 Å². The highest BCUT2D eigenvalue weighted by atomic mass is 35.5. The van der Waals surface area contributed by atoms with E-state index < -0.39 is 0 Å². The van der Waals surface area contributed by atoms with Gasteiger partial charge in [0.1, 0.15) is 11.3 Å². The Balaban J connectivity index is 2.09. The van der Waals surface area contributed by atoms with Crippen LogP contribution >= 0.6 is 22.9 Å². The Hall–Kier alpha value is -1.50. The van der Waals surface area contributed by atoms with Gasteiger partial charge in [-0.15, -0.1) is 10.2 Å². The zero-order chi connectivity index (χ0) is 11.8. The molecule has 0 unspecified atom stereocenters. The van der Waals surface area contributed by atoms with Gasteiger partial charge in [0, 0.05) is 10.6 Å². The topological polar surface area (TPSA) is 63.3 Å². The molecule has 3 aromatic rings. The van der Waals surface area contributed by atoms with Gasteiger partial charge in [0.15, 0.2) is 0 Å². The molecule has 0 aliphatic heterocycles. The SMILES string of the molecule is OCc1ccc(-c2nn3cnnc3s2)cc1Cl. The smallest absolute Gasteiger partial charge is 0.234 e. The largest absolute Gasteiger partial charge is 0.392 e. The molecule has 0 atom stereocenters. The van der Waals surface area contributed by atoms with E-state index in [4.69, 9.17) is 16.7 Å². The van der Waals surface area contributed by atoms with E-state index in [9.17, 15) is 0 Å². The Labute approximate surface area is 105 Å². The van der Waals surface area contributed by atoms with Crippen LogP contribution in [0, 0.1) is 0 Å². The zero-order valence-corrected chi connectivity index (χ0v) is 10.1. The average Bonchev–Trinajstić information content (AvgIpc) is 2.88. The molecule has 2 aromatic heterocycles. The number of rotatable bonds is 2. The Kier molecular flexibility index (Phi) is 2.54. The number of nitrogens with zero attached hydrogens (tertiary/aromatic N) is 4. The lowest BCUT2D eigenvalue weighted by Crippen LogP contribution is -1.87. The summed E-state index contributed by atoms with van der Waals surface area (Å²) >= 11 is 7.47. The lowest BCUT2D eigenvalue weighted by Gasteiger charge is -2.01. The van der Waals surface area contributed by atoms with Crippen molar-refractivity contribution in [3.05, 3.63) is 35.1 Å². The van der Waals surface area contributed by atoms with E-state index in [-0.39, 0.29) is 6.61 Å². The predicted octanol–water partition coefficient (Wildman–Crippen LogP) is 2.00. The molecule has 0 bridgehead atoms. The molecule has 5 nitrogen and oxygen atoms in total. The minimum absolute atomic E-state index is 0.0653. The van der Waals surface area contributed by atoms with Gasteiger partial charge in [-0.2, -0.15) is 9.61 Å². The lowest BCUT2D eigenvalue weighted by atomic mass is 10.1. The summed E-state index contributed by atoms with van der Waals surface area (Å²) in [6.07, 6.45) is 1.55. The number of aromatic nitrogens is 4. The Morgan fingerprint density at radius 1 is 1.41 bits per heavy atom. The van der Waals surface area contributed by atoms with E-state index in [1.807, 2.05) is 6.07 Å². The maximum Gasteiger partial charge on any atom is 0.234 e. The summed E-state index contributed by atoms with van der Waals surface area (Å²) in [6, 6.07) is 5.46. The normalized spacial score (nSPS) is 11.2. The highest BCUT2D eigenvalue weighted by Crippen LogP contribution is 2.28. The first-order valence-corrected chi connectivity index (χ1v) is 6.04. The number of benzene rings is 1. The molecule has 1 aromatic carbocycles. The molecule has 0 radical (unpaired) electrons. The zero-order valence-electron chi connectivity index (χ0n) is 8.54. The molecule has 0 saturated heterocycles. The summed E-state index contributed by atoms with van der Waals surface area (Å²) in [5.74, 6) is 0. The van der Waals surface area contributed by atoms with Gasteiger partial charge < -0.3 is 5.11 Å². The molecule has 0 aliphatic carbocycles. The van der Waals surface area contributed by atoms with Crippen LogP contribution in [0.4, 0.5) is 0 Å². The van der Waals surface area contributed by atoms with E-state index in [0.717, 1.165) is 15.5 Å². The standard InChI is InChI=1S/C10H7ClN4OS/c11-8-3-6(1-2-7(8)4-16)9-14-15-5-12-13-10(15)17-9/h1-3,5,16H,4H2. The van der Waals surface area contributed by atoms with E-state index in [1.165, 1.54) is 11.3 Å². The Morgan fingerprint density at radius 2 is 2.29 bits per heavy atom. The van der Waals surface area contributed by atoms with E-state index in [1.54, 1.807) is 23.0 Å². The highest BCUT2D eigenvalue weighted by Gasteiger charge is 2.09. The fourth-order valence-electron chi connectivity index (χ4n) is 1.49. The van der Waals surface area contributed by atoms with Crippen molar-refractivity contribution in [1.82, 2.24) is 19.8 Å². The van der Waals surface area contributed by atoms with Crippen LogP contribution in [0.2, 0.25) is 5.02 Å². The average molecular weight is 267 g/mol. The fourth-order valence-corrected chi connectivity index (χ4v) is 2.54. The first kappa shape index (κ1) is 10.6. The number of aliphatic hydroxyl groups is 1. The third-order valence-corrected chi connectivity index (χ3v) is 3.67. The maximum absolute atomic E-state index is 9.04. The minimum atomic E-state index is -0.0653. The van der Waals surface area contributed by atoms with Crippen LogP contribution in [0.5, 0.6) is 0 Å². The first-order chi connectivity index (χ1) is 8.28. The summed E-state index contributed by atoms with van der Waals surface area (Å²) in [6.45, 7) is -0.0653. The van der Waals surface area contributed by atoms with Crippen LogP contribution in [0.3, 0.4) is 0 Å². The summed E-state index contributed by atoms with van der Waals surface area (Å²) in [7, 11) is 0. The van der Waals surface area contributed by atoms with Crippen molar-refractivity contribution in [2.45, 2.75) is 6.61 Å². The van der Waals surface area contributed by atoms with Crippen molar-refractivity contribution < 1.29 is 5.11 Å². The van der Waals surface area contributed by atoms with Gasteiger partial charge in [-0.25, -0.2) is 0 Å². The second kappa shape index (κ2) is 4.06. The van der Waals surface area contributed by atoms with Gasteiger partial charge in [0.25, 0.3) is 0 Å². The van der Waals surface area contributed by atoms with Gasteiger partial charge in [-0.1, -0.05) is 35.1 Å². The number of fused-ring (bicyclic) bond motifs is 1. The monoisotopic (exact) mass is 266 g/mol. The van der Waals surface area contributed by atoms with Crippen LogP contribution in [0.15, 0.2) is 24.5 Å². The van der Waals surface area contributed by atoms with Crippen molar-refractivity contribution in [3.8, 4) is 10.6 Å². The van der Waals surface area contributed by atoms with E-state index >= 15 is 0 Å². The van der Waals surface area contributed by atoms with Crippen LogP contribution < -0.4 is 0 Å². The molecule has 17 heavy (non-hydrogen) atoms. The third kappa shape index (κ3) is 1.80. The molecule has 2 heterocycles. The molecule has 0 spiro atoms. The van der Waals surface area contributed by atoms with Gasteiger partial charge >= 0.3 is 0 Å².